The molecular weight excluding hydrogens is 288 g/mol. The van der Waals surface area contributed by atoms with Crippen LogP contribution >= 0.6 is 11.6 Å². The van der Waals surface area contributed by atoms with Gasteiger partial charge in [-0.15, -0.1) is 0 Å². The molecule has 1 rings (SSSR count). The van der Waals surface area contributed by atoms with E-state index >= 15 is 0 Å². The monoisotopic (exact) mass is 310 g/mol. The van der Waals surface area contributed by atoms with Crippen LogP contribution in [0.1, 0.15) is 33.3 Å². The summed E-state index contributed by atoms with van der Waals surface area (Å²) in [5, 5.41) is 6.20. The minimum absolute atomic E-state index is 0.139. The number of halogens is 1. The molecule has 1 unspecified atom stereocenters. The molecule has 1 atom stereocenters. The van der Waals surface area contributed by atoms with Gasteiger partial charge in [0, 0.05) is 17.0 Å². The van der Waals surface area contributed by atoms with E-state index in [1.807, 2.05) is 45.0 Å². The van der Waals surface area contributed by atoms with Crippen LogP contribution in [0.5, 0.6) is 0 Å². The molecule has 0 aliphatic heterocycles. The van der Waals surface area contributed by atoms with E-state index < -0.39 is 11.5 Å². The van der Waals surface area contributed by atoms with Gasteiger partial charge in [-0.25, -0.2) is 0 Å². The molecular formula is C16H23ClN2O2. The van der Waals surface area contributed by atoms with Crippen LogP contribution in [0.3, 0.4) is 0 Å². The van der Waals surface area contributed by atoms with Crippen LogP contribution < -0.4 is 10.6 Å². The predicted octanol–water partition coefficient (Wildman–Crippen LogP) is 2.55. The lowest BCUT2D eigenvalue weighted by atomic mass is 9.95. The summed E-state index contributed by atoms with van der Waals surface area (Å²) in [6.45, 7) is 7.62. The van der Waals surface area contributed by atoms with Gasteiger partial charge in [-0.1, -0.05) is 44.5 Å². The average molecular weight is 311 g/mol. The summed E-state index contributed by atoms with van der Waals surface area (Å²) in [5.74, 6) is -0.324. The molecule has 0 aliphatic carbocycles. The minimum Gasteiger partial charge on any atom is -0.354 e. The first-order valence-corrected chi connectivity index (χ1v) is 7.41. The second-order valence-electron chi connectivity index (χ2n) is 6.12. The van der Waals surface area contributed by atoms with Crippen LogP contribution in [0.25, 0.3) is 0 Å². The van der Waals surface area contributed by atoms with Gasteiger partial charge in [0.15, 0.2) is 0 Å². The fourth-order valence-corrected chi connectivity index (χ4v) is 1.87. The number of nitrogens with one attached hydrogen (secondary N) is 2. The third-order valence-electron chi connectivity index (χ3n) is 3.02. The van der Waals surface area contributed by atoms with E-state index in [2.05, 4.69) is 10.6 Å². The summed E-state index contributed by atoms with van der Waals surface area (Å²) >= 11 is 5.90. The molecule has 5 heteroatoms. The molecule has 116 valence electrons. The highest BCUT2D eigenvalue weighted by atomic mass is 35.5. The molecule has 0 aromatic heterocycles. The van der Waals surface area contributed by atoms with Crippen molar-refractivity contribution in [2.24, 2.45) is 5.41 Å². The number of benzene rings is 1. The molecule has 4 nitrogen and oxygen atoms in total. The Labute approximate surface area is 131 Å². The van der Waals surface area contributed by atoms with Crippen molar-refractivity contribution in [2.75, 3.05) is 6.54 Å². The smallest absolute Gasteiger partial charge is 0.242 e. The van der Waals surface area contributed by atoms with Crippen molar-refractivity contribution in [2.45, 2.75) is 40.2 Å². The quantitative estimate of drug-likeness (QED) is 0.878. The second kappa shape index (κ2) is 7.46. The third-order valence-corrected chi connectivity index (χ3v) is 3.26. The van der Waals surface area contributed by atoms with E-state index in [1.54, 1.807) is 6.92 Å². The minimum atomic E-state index is -0.545. The molecule has 21 heavy (non-hydrogen) atoms. The van der Waals surface area contributed by atoms with Gasteiger partial charge in [-0.05, 0) is 31.0 Å². The van der Waals surface area contributed by atoms with Crippen molar-refractivity contribution in [1.82, 2.24) is 10.6 Å². The topological polar surface area (TPSA) is 58.2 Å². The first-order chi connectivity index (χ1) is 9.70. The Morgan fingerprint density at radius 2 is 1.95 bits per heavy atom. The molecule has 0 saturated heterocycles. The van der Waals surface area contributed by atoms with E-state index in [1.165, 1.54) is 0 Å². The van der Waals surface area contributed by atoms with E-state index in [0.717, 1.165) is 5.56 Å². The highest BCUT2D eigenvalue weighted by Crippen LogP contribution is 2.13. The van der Waals surface area contributed by atoms with Crippen LogP contribution in [0, 0.1) is 5.41 Å². The molecule has 0 radical (unpaired) electrons. The van der Waals surface area contributed by atoms with Gasteiger partial charge in [0.2, 0.25) is 11.8 Å². The maximum Gasteiger partial charge on any atom is 0.242 e. The Bertz CT molecular complexity index is 509. The number of rotatable bonds is 5. The Morgan fingerprint density at radius 1 is 1.29 bits per heavy atom. The molecule has 0 heterocycles. The summed E-state index contributed by atoms with van der Waals surface area (Å²) in [4.78, 5) is 23.7. The maximum absolute atomic E-state index is 11.9. The Morgan fingerprint density at radius 3 is 2.52 bits per heavy atom. The Hall–Kier alpha value is -1.55. The zero-order chi connectivity index (χ0) is 16.0. The normalized spacial score (nSPS) is 12.6. The number of amides is 2. The van der Waals surface area contributed by atoms with Crippen LogP contribution in [-0.4, -0.2) is 24.4 Å². The van der Waals surface area contributed by atoms with Gasteiger partial charge in [0.1, 0.15) is 6.04 Å². The SMILES string of the molecule is CC(NC(=O)C(C)(C)C)C(=O)NCCc1cccc(Cl)c1. The van der Waals surface area contributed by atoms with Gasteiger partial charge in [-0.3, -0.25) is 9.59 Å². The number of hydrogen-bond donors (Lipinski definition) is 2. The second-order valence-corrected chi connectivity index (χ2v) is 6.55. The van der Waals surface area contributed by atoms with Crippen molar-refractivity contribution in [3.8, 4) is 0 Å². The van der Waals surface area contributed by atoms with Crippen molar-refractivity contribution < 1.29 is 9.59 Å². The molecule has 1 aromatic rings. The average Bonchev–Trinajstić information content (AvgIpc) is 2.37. The highest BCUT2D eigenvalue weighted by Gasteiger charge is 2.24. The molecule has 2 N–H and O–H groups in total. The predicted molar refractivity (Wildman–Crippen MR) is 85.2 cm³/mol. The Balaban J connectivity index is 2.38. The molecule has 0 bridgehead atoms. The first-order valence-electron chi connectivity index (χ1n) is 7.03. The zero-order valence-electron chi connectivity index (χ0n) is 13.0. The van der Waals surface area contributed by atoms with Crippen molar-refractivity contribution in [3.05, 3.63) is 34.9 Å². The van der Waals surface area contributed by atoms with Crippen molar-refractivity contribution in [1.29, 1.82) is 0 Å². The van der Waals surface area contributed by atoms with Gasteiger partial charge in [0.25, 0.3) is 0 Å². The van der Waals surface area contributed by atoms with Gasteiger partial charge in [-0.2, -0.15) is 0 Å². The largest absolute Gasteiger partial charge is 0.354 e. The van der Waals surface area contributed by atoms with E-state index in [-0.39, 0.29) is 11.8 Å². The highest BCUT2D eigenvalue weighted by molar-refractivity contribution is 6.30. The standard InChI is InChI=1S/C16H23ClN2O2/c1-11(19-15(21)16(2,3)4)14(20)18-9-8-12-6-5-7-13(17)10-12/h5-7,10-11H,8-9H2,1-4H3,(H,18,20)(H,19,21). The molecule has 0 fully saturated rings. The first kappa shape index (κ1) is 17.5. The number of carbonyl (C=O) groups is 2. The van der Waals surface area contributed by atoms with Gasteiger partial charge < -0.3 is 10.6 Å². The van der Waals surface area contributed by atoms with E-state index in [9.17, 15) is 9.59 Å². The fraction of sp³-hybridized carbons (Fsp3) is 0.500. The maximum atomic E-state index is 11.9. The molecule has 0 saturated carbocycles. The fourth-order valence-electron chi connectivity index (χ4n) is 1.65. The van der Waals surface area contributed by atoms with Crippen molar-refractivity contribution in [3.63, 3.8) is 0 Å². The summed E-state index contributed by atoms with van der Waals surface area (Å²) < 4.78 is 0. The summed E-state index contributed by atoms with van der Waals surface area (Å²) in [6, 6.07) is 6.98. The summed E-state index contributed by atoms with van der Waals surface area (Å²) in [7, 11) is 0. The van der Waals surface area contributed by atoms with Crippen LogP contribution in [-0.2, 0) is 16.0 Å². The number of hydrogen-bond acceptors (Lipinski definition) is 2. The lowest BCUT2D eigenvalue weighted by Gasteiger charge is -2.21. The van der Waals surface area contributed by atoms with Crippen molar-refractivity contribution >= 4 is 23.4 Å². The third kappa shape index (κ3) is 6.17. The van der Waals surface area contributed by atoms with E-state index in [0.29, 0.717) is 18.0 Å². The van der Waals surface area contributed by atoms with Gasteiger partial charge in [0.05, 0.1) is 0 Å². The van der Waals surface area contributed by atoms with Gasteiger partial charge >= 0.3 is 0 Å². The molecule has 0 spiro atoms. The van der Waals surface area contributed by atoms with Crippen LogP contribution in [0.2, 0.25) is 5.02 Å². The molecule has 1 aromatic carbocycles. The summed E-state index contributed by atoms with van der Waals surface area (Å²) in [6.07, 6.45) is 0.701. The molecule has 0 aliphatic rings. The summed E-state index contributed by atoms with van der Waals surface area (Å²) in [5.41, 5.74) is 0.559. The Kier molecular flexibility index (Phi) is 6.21. The zero-order valence-corrected chi connectivity index (χ0v) is 13.8. The van der Waals surface area contributed by atoms with E-state index in [4.69, 9.17) is 11.6 Å². The van der Waals surface area contributed by atoms with Crippen LogP contribution in [0.15, 0.2) is 24.3 Å². The molecule has 2 amide bonds. The van der Waals surface area contributed by atoms with Crippen LogP contribution in [0.4, 0.5) is 0 Å². The lowest BCUT2D eigenvalue weighted by molar-refractivity contribution is -0.133. The lowest BCUT2D eigenvalue weighted by Crippen LogP contribution is -2.48. The number of carbonyl (C=O) groups excluding carboxylic acids is 2.